The van der Waals surface area contributed by atoms with Gasteiger partial charge in [0.15, 0.2) is 0 Å². The number of hydrogen-bond donors (Lipinski definition) is 0. The molecule has 0 N–H and O–H groups in total. The Morgan fingerprint density at radius 1 is 0.824 bits per heavy atom. The first kappa shape index (κ1) is 17.4. The van der Waals surface area contributed by atoms with Crippen LogP contribution in [0.4, 0.5) is 0 Å². The maximum Gasteiger partial charge on any atom is 0.0682 e. The zero-order valence-corrected chi connectivity index (χ0v) is 16.6. The molecule has 0 aromatic rings. The van der Waals surface area contributed by atoms with Crippen LogP contribution in [-0.4, -0.2) is 24.2 Å². The first-order valence-electron chi connectivity index (χ1n) is 7.01. The van der Waals surface area contributed by atoms with E-state index in [-0.39, 0.29) is 0 Å². The van der Waals surface area contributed by atoms with E-state index in [1.807, 2.05) is 0 Å². The molecule has 3 heteroatoms. The highest BCUT2D eigenvalue weighted by molar-refractivity contribution is 6.82. The molecule has 0 fully saturated rings. The lowest BCUT2D eigenvalue weighted by Crippen LogP contribution is -2.30. The summed E-state index contributed by atoms with van der Waals surface area (Å²) in [6.07, 6.45) is 4.03. The molecule has 1 atom stereocenters. The van der Waals surface area contributed by atoms with E-state index in [1.165, 1.54) is 12.5 Å². The van der Waals surface area contributed by atoms with E-state index in [9.17, 15) is 0 Å². The molecule has 0 aliphatic carbocycles. The normalized spacial score (nSPS) is 16.5. The Balaban J connectivity index is 4.64. The third-order valence-corrected chi connectivity index (χ3v) is 8.83. The molecule has 0 saturated heterocycles. The Morgan fingerprint density at radius 3 is 1.59 bits per heavy atom. The van der Waals surface area contributed by atoms with Crippen molar-refractivity contribution in [1.82, 2.24) is 0 Å². The summed E-state index contributed by atoms with van der Waals surface area (Å²) >= 11 is 0. The molecule has 0 nitrogen and oxygen atoms in total. The van der Waals surface area contributed by atoms with Crippen LogP contribution < -0.4 is 0 Å². The minimum atomic E-state index is -1.03. The Labute approximate surface area is 113 Å². The van der Waals surface area contributed by atoms with Crippen molar-refractivity contribution in [2.24, 2.45) is 0 Å². The van der Waals surface area contributed by atoms with Gasteiger partial charge in [-0.3, -0.25) is 0 Å². The minimum absolute atomic E-state index is 0.874. The molecular weight excluding hydrogens is 252 g/mol. The van der Waals surface area contributed by atoms with Crippen molar-refractivity contribution in [2.45, 2.75) is 76.9 Å². The van der Waals surface area contributed by atoms with Crippen LogP contribution in [0.15, 0.2) is 11.8 Å². The molecule has 0 aromatic heterocycles. The van der Waals surface area contributed by atoms with Gasteiger partial charge < -0.3 is 0 Å². The van der Waals surface area contributed by atoms with E-state index in [1.54, 1.807) is 0 Å². The molecule has 17 heavy (non-hydrogen) atoms. The summed E-state index contributed by atoms with van der Waals surface area (Å²) < 4.78 is 0. The van der Waals surface area contributed by atoms with E-state index in [4.69, 9.17) is 0 Å². The topological polar surface area (TPSA) is 0 Å². The quantitative estimate of drug-likeness (QED) is 0.537. The van der Waals surface area contributed by atoms with Crippen LogP contribution in [-0.2, 0) is 0 Å². The number of hydrogen-bond acceptors (Lipinski definition) is 0. The van der Waals surface area contributed by atoms with Crippen molar-refractivity contribution in [2.75, 3.05) is 0 Å². The van der Waals surface area contributed by atoms with Crippen LogP contribution in [0.25, 0.3) is 0 Å². The van der Waals surface area contributed by atoms with Crippen LogP contribution >= 0.6 is 0 Å². The third kappa shape index (κ3) is 10.0. The summed E-state index contributed by atoms with van der Waals surface area (Å²) in [5.41, 5.74) is 3.46. The van der Waals surface area contributed by atoms with E-state index >= 15 is 0 Å². The monoisotopic (exact) mass is 286 g/mol. The van der Waals surface area contributed by atoms with Crippen LogP contribution in [0.1, 0.15) is 6.42 Å². The molecule has 0 rings (SSSR count). The SMILES string of the molecule is C[Si](C)(C)/C=C/C(CC[Si](C)(C)C)[Si](C)(C)C. The largest absolute Gasteiger partial charge is 0.0989 e. The Hall–Kier alpha value is 0.391. The second kappa shape index (κ2) is 6.02. The molecule has 0 saturated carbocycles. The summed E-state index contributed by atoms with van der Waals surface area (Å²) in [5.74, 6) is 0. The maximum absolute atomic E-state index is 2.60. The fourth-order valence-electron chi connectivity index (χ4n) is 1.81. The number of allylic oxidation sites excluding steroid dienone is 1. The molecule has 0 aliphatic rings. The Kier molecular flexibility index (Phi) is 6.16. The van der Waals surface area contributed by atoms with Gasteiger partial charge in [-0.25, -0.2) is 0 Å². The van der Waals surface area contributed by atoms with Crippen molar-refractivity contribution in [3.05, 3.63) is 11.8 Å². The van der Waals surface area contributed by atoms with E-state index in [0.717, 1.165) is 5.54 Å². The van der Waals surface area contributed by atoms with Crippen LogP contribution in [0.2, 0.25) is 70.5 Å². The molecule has 0 heterocycles. The summed E-state index contributed by atoms with van der Waals surface area (Å²) in [5, 5.41) is 0. The van der Waals surface area contributed by atoms with Crippen molar-refractivity contribution in [3.63, 3.8) is 0 Å². The van der Waals surface area contributed by atoms with Gasteiger partial charge in [0.2, 0.25) is 0 Å². The summed E-state index contributed by atoms with van der Waals surface area (Å²) in [4.78, 5) is 0. The standard InChI is InChI=1S/C14H34Si3/c1-15(2,3)12-10-14(17(7,8)9)11-13-16(4,5)6/h10,12,14H,11,13H2,1-9H3/b12-10+. The predicted octanol–water partition coefficient (Wildman–Crippen LogP) is 5.86. The van der Waals surface area contributed by atoms with Crippen molar-refractivity contribution < 1.29 is 0 Å². The van der Waals surface area contributed by atoms with Gasteiger partial charge >= 0.3 is 0 Å². The maximum atomic E-state index is 2.60. The molecule has 1 unspecified atom stereocenters. The van der Waals surface area contributed by atoms with Crippen molar-refractivity contribution in [1.29, 1.82) is 0 Å². The van der Waals surface area contributed by atoms with Crippen LogP contribution in [0, 0.1) is 0 Å². The zero-order valence-electron chi connectivity index (χ0n) is 13.6. The van der Waals surface area contributed by atoms with Crippen LogP contribution in [0.5, 0.6) is 0 Å². The van der Waals surface area contributed by atoms with E-state index < -0.39 is 24.2 Å². The first-order chi connectivity index (χ1) is 7.31. The molecule has 0 aromatic carbocycles. The van der Waals surface area contributed by atoms with Gasteiger partial charge in [-0.1, -0.05) is 83.2 Å². The highest BCUT2D eigenvalue weighted by Gasteiger charge is 2.26. The third-order valence-electron chi connectivity index (χ3n) is 3.15. The number of rotatable bonds is 6. The van der Waals surface area contributed by atoms with E-state index in [2.05, 4.69) is 70.7 Å². The molecular formula is C14H34Si3. The minimum Gasteiger partial charge on any atom is -0.0989 e. The average molecular weight is 287 g/mol. The smallest absolute Gasteiger partial charge is 0.0682 e. The Bertz CT molecular complexity index is 248. The van der Waals surface area contributed by atoms with Gasteiger partial charge in [-0.05, 0) is 5.54 Å². The fourth-order valence-corrected chi connectivity index (χ4v) is 5.96. The van der Waals surface area contributed by atoms with Gasteiger partial charge in [0.25, 0.3) is 0 Å². The van der Waals surface area contributed by atoms with Gasteiger partial charge in [-0.2, -0.15) is 0 Å². The molecule has 102 valence electrons. The van der Waals surface area contributed by atoms with Crippen LogP contribution in [0.3, 0.4) is 0 Å². The van der Waals surface area contributed by atoms with Gasteiger partial charge in [0, 0.05) is 8.07 Å². The zero-order chi connectivity index (χ0) is 13.9. The highest BCUT2D eigenvalue weighted by Crippen LogP contribution is 2.31. The molecule has 0 bridgehead atoms. The lowest BCUT2D eigenvalue weighted by Gasteiger charge is -2.29. The van der Waals surface area contributed by atoms with Gasteiger partial charge in [0.05, 0.1) is 16.1 Å². The lowest BCUT2D eigenvalue weighted by atomic mass is 10.3. The van der Waals surface area contributed by atoms with E-state index in [0.29, 0.717) is 0 Å². The molecule has 0 amide bonds. The Morgan fingerprint density at radius 2 is 1.29 bits per heavy atom. The summed E-state index contributed by atoms with van der Waals surface area (Å²) in [6, 6.07) is 1.48. The molecule has 0 aliphatic heterocycles. The van der Waals surface area contributed by atoms with Gasteiger partial charge in [-0.15, -0.1) is 0 Å². The summed E-state index contributed by atoms with van der Waals surface area (Å²) in [6.45, 7) is 22.4. The average Bonchev–Trinajstić information content (AvgIpc) is 1.96. The van der Waals surface area contributed by atoms with Crippen molar-refractivity contribution in [3.8, 4) is 0 Å². The second-order valence-corrected chi connectivity index (χ2v) is 25.0. The highest BCUT2D eigenvalue weighted by atomic mass is 28.3. The van der Waals surface area contributed by atoms with Crippen molar-refractivity contribution >= 4 is 24.2 Å². The lowest BCUT2D eigenvalue weighted by molar-refractivity contribution is 0.895. The molecule has 0 spiro atoms. The molecule has 0 radical (unpaired) electrons. The van der Waals surface area contributed by atoms with Gasteiger partial charge in [0.1, 0.15) is 0 Å². The predicted molar refractivity (Wildman–Crippen MR) is 92.4 cm³/mol. The fraction of sp³-hybridized carbons (Fsp3) is 0.857. The summed E-state index contributed by atoms with van der Waals surface area (Å²) in [7, 11) is -2.92. The second-order valence-electron chi connectivity index (χ2n) is 8.80. The first-order valence-corrected chi connectivity index (χ1v) is 17.9.